The Hall–Kier alpha value is -5.12. The summed E-state index contributed by atoms with van der Waals surface area (Å²) in [6.07, 6.45) is 0. The van der Waals surface area contributed by atoms with E-state index < -0.39 is 0 Å². The average molecular weight is 541 g/mol. The molecule has 8 rings (SSSR count). The third-order valence-corrected chi connectivity index (χ3v) is 8.83. The molecule has 3 heteroatoms. The maximum Gasteiger partial charge on any atom is 0.161 e. The summed E-state index contributed by atoms with van der Waals surface area (Å²) in [6, 6.07) is 51.4. The van der Waals surface area contributed by atoms with Gasteiger partial charge in [-0.05, 0) is 45.2 Å². The van der Waals surface area contributed by atoms with Gasteiger partial charge in [0, 0.05) is 26.6 Å². The normalized spacial score (nSPS) is 11.4. The molecule has 0 aliphatic rings. The van der Waals surface area contributed by atoms with Crippen LogP contribution in [0.3, 0.4) is 0 Å². The van der Waals surface area contributed by atoms with Crippen LogP contribution < -0.4 is 0 Å². The van der Waals surface area contributed by atoms with Gasteiger partial charge in [-0.25, -0.2) is 9.97 Å². The minimum Gasteiger partial charge on any atom is -0.227 e. The molecule has 192 valence electrons. The first-order valence-electron chi connectivity index (χ1n) is 13.8. The molecule has 0 saturated carbocycles. The molecule has 0 spiro atoms. The van der Waals surface area contributed by atoms with Crippen molar-refractivity contribution in [3.05, 3.63) is 146 Å². The average Bonchev–Trinajstić information content (AvgIpc) is 3.44. The minimum atomic E-state index is 0.750. The van der Waals surface area contributed by atoms with Crippen LogP contribution in [0.2, 0.25) is 0 Å². The van der Waals surface area contributed by atoms with Crippen molar-refractivity contribution < 1.29 is 0 Å². The maximum atomic E-state index is 5.24. The molecule has 0 N–H and O–H groups in total. The lowest BCUT2D eigenvalue weighted by molar-refractivity contribution is 1.24. The quantitative estimate of drug-likeness (QED) is 0.222. The first-order chi connectivity index (χ1) is 20.3. The highest BCUT2D eigenvalue weighted by molar-refractivity contribution is 7.26. The molecule has 6 aromatic carbocycles. The summed E-state index contributed by atoms with van der Waals surface area (Å²) in [5, 5.41) is 4.82. The Morgan fingerprint density at radius 2 is 1.00 bits per heavy atom. The van der Waals surface area contributed by atoms with Crippen molar-refractivity contribution >= 4 is 42.4 Å². The summed E-state index contributed by atoms with van der Waals surface area (Å²) in [5.41, 5.74) is 7.85. The van der Waals surface area contributed by atoms with Gasteiger partial charge in [-0.15, -0.1) is 11.3 Å². The number of nitrogens with zero attached hydrogens (tertiary/aromatic N) is 2. The highest BCUT2D eigenvalue weighted by atomic mass is 32.1. The molecule has 2 nitrogen and oxygen atoms in total. The predicted octanol–water partition coefficient (Wildman–Crippen LogP) is 10.7. The van der Waals surface area contributed by atoms with E-state index in [4.69, 9.17) is 9.97 Å². The molecule has 0 bridgehead atoms. The molecule has 0 unspecified atom stereocenters. The lowest BCUT2D eigenvalue weighted by atomic mass is 9.96. The van der Waals surface area contributed by atoms with Crippen LogP contribution in [0, 0.1) is 0 Å². The molecular formula is C38H24N2S. The molecule has 0 aliphatic heterocycles. The van der Waals surface area contributed by atoms with Gasteiger partial charge < -0.3 is 0 Å². The largest absolute Gasteiger partial charge is 0.227 e. The number of benzene rings is 6. The van der Waals surface area contributed by atoms with Gasteiger partial charge in [0.25, 0.3) is 0 Å². The highest BCUT2D eigenvalue weighted by Gasteiger charge is 2.18. The molecule has 2 aromatic heterocycles. The second-order valence-electron chi connectivity index (χ2n) is 10.2. The van der Waals surface area contributed by atoms with Crippen LogP contribution in [-0.2, 0) is 0 Å². The van der Waals surface area contributed by atoms with E-state index in [0.717, 1.165) is 32.9 Å². The Morgan fingerprint density at radius 3 is 1.76 bits per heavy atom. The number of aromatic nitrogens is 2. The molecule has 0 aliphatic carbocycles. The zero-order valence-corrected chi connectivity index (χ0v) is 23.0. The Kier molecular flexibility index (Phi) is 5.68. The Bertz CT molecular complexity index is 2200. The summed E-state index contributed by atoms with van der Waals surface area (Å²) in [5.74, 6) is 0.750. The lowest BCUT2D eigenvalue weighted by Gasteiger charge is -2.10. The van der Waals surface area contributed by atoms with Crippen LogP contribution in [0.15, 0.2) is 146 Å². The smallest absolute Gasteiger partial charge is 0.161 e. The number of thiophene rings is 1. The first-order valence-corrected chi connectivity index (χ1v) is 14.6. The third-order valence-electron chi connectivity index (χ3n) is 7.69. The summed E-state index contributed by atoms with van der Waals surface area (Å²) in [7, 11) is 0. The second-order valence-corrected chi connectivity index (χ2v) is 11.2. The van der Waals surface area contributed by atoms with Crippen molar-refractivity contribution in [1.29, 1.82) is 0 Å². The van der Waals surface area contributed by atoms with E-state index in [1.54, 1.807) is 11.3 Å². The van der Waals surface area contributed by atoms with Gasteiger partial charge in [-0.3, -0.25) is 0 Å². The van der Waals surface area contributed by atoms with E-state index in [0.29, 0.717) is 0 Å². The van der Waals surface area contributed by atoms with Crippen LogP contribution in [0.1, 0.15) is 0 Å². The van der Waals surface area contributed by atoms with Crippen LogP contribution in [0.25, 0.3) is 76.0 Å². The minimum absolute atomic E-state index is 0.750. The van der Waals surface area contributed by atoms with Gasteiger partial charge in [0.05, 0.1) is 5.69 Å². The number of fused-ring (bicyclic) bond motifs is 5. The van der Waals surface area contributed by atoms with Crippen molar-refractivity contribution in [2.45, 2.75) is 0 Å². The van der Waals surface area contributed by atoms with Crippen molar-refractivity contribution in [1.82, 2.24) is 9.97 Å². The van der Waals surface area contributed by atoms with E-state index >= 15 is 0 Å². The topological polar surface area (TPSA) is 25.8 Å². The lowest BCUT2D eigenvalue weighted by Crippen LogP contribution is -1.94. The highest BCUT2D eigenvalue weighted by Crippen LogP contribution is 2.43. The zero-order chi connectivity index (χ0) is 27.2. The molecule has 8 aromatic rings. The van der Waals surface area contributed by atoms with E-state index in [-0.39, 0.29) is 0 Å². The number of rotatable bonds is 4. The fraction of sp³-hybridized carbons (Fsp3) is 0. The van der Waals surface area contributed by atoms with Gasteiger partial charge in [-0.2, -0.15) is 0 Å². The van der Waals surface area contributed by atoms with Crippen molar-refractivity contribution in [3.63, 3.8) is 0 Å². The van der Waals surface area contributed by atoms with Gasteiger partial charge in [0.2, 0.25) is 0 Å². The third kappa shape index (κ3) is 4.19. The van der Waals surface area contributed by atoms with E-state index in [9.17, 15) is 0 Å². The van der Waals surface area contributed by atoms with E-state index in [2.05, 4.69) is 127 Å². The fourth-order valence-corrected chi connectivity index (χ4v) is 6.89. The zero-order valence-electron chi connectivity index (χ0n) is 22.2. The van der Waals surface area contributed by atoms with Crippen LogP contribution in [0.5, 0.6) is 0 Å². The molecule has 2 heterocycles. The van der Waals surface area contributed by atoms with Gasteiger partial charge in [0.15, 0.2) is 5.82 Å². The van der Waals surface area contributed by atoms with E-state index in [1.807, 2.05) is 18.2 Å². The molecule has 0 saturated heterocycles. The molecule has 0 radical (unpaired) electrons. The monoisotopic (exact) mass is 540 g/mol. The Balaban J connectivity index is 1.36. The standard InChI is InChI=1S/C38H24N2S/c1-3-11-25(12-4-1)28-16-9-17-29(23-28)30-18-10-19-31(24-30)35-34-33-22-21-26-13-7-8-20-32(26)36(33)41-38(34)40-37(39-35)27-14-5-2-6-15-27/h1-24H. The van der Waals surface area contributed by atoms with Gasteiger partial charge >= 0.3 is 0 Å². The Labute approximate surface area is 242 Å². The summed E-state index contributed by atoms with van der Waals surface area (Å²) in [4.78, 5) is 11.4. The summed E-state index contributed by atoms with van der Waals surface area (Å²) in [6.45, 7) is 0. The Morgan fingerprint density at radius 1 is 0.415 bits per heavy atom. The van der Waals surface area contributed by atoms with Gasteiger partial charge in [0.1, 0.15) is 4.83 Å². The fourth-order valence-electron chi connectivity index (χ4n) is 5.68. The SMILES string of the molecule is c1ccc(-c2cccc(-c3cccc(-c4nc(-c5ccccc5)nc5sc6c7ccccc7ccc6c45)c3)c2)cc1. The summed E-state index contributed by atoms with van der Waals surface area (Å²) >= 11 is 1.76. The second kappa shape index (κ2) is 9.81. The van der Waals surface area contributed by atoms with E-state index in [1.165, 1.54) is 43.1 Å². The summed E-state index contributed by atoms with van der Waals surface area (Å²) < 4.78 is 1.26. The van der Waals surface area contributed by atoms with Crippen LogP contribution in [0.4, 0.5) is 0 Å². The molecule has 0 atom stereocenters. The molecular weight excluding hydrogens is 516 g/mol. The van der Waals surface area contributed by atoms with Crippen molar-refractivity contribution in [3.8, 4) is 44.9 Å². The van der Waals surface area contributed by atoms with Crippen molar-refractivity contribution in [2.75, 3.05) is 0 Å². The van der Waals surface area contributed by atoms with Crippen LogP contribution >= 0.6 is 11.3 Å². The maximum absolute atomic E-state index is 5.24. The molecule has 0 fully saturated rings. The predicted molar refractivity (Wildman–Crippen MR) is 174 cm³/mol. The molecule has 0 amide bonds. The van der Waals surface area contributed by atoms with Crippen molar-refractivity contribution in [2.24, 2.45) is 0 Å². The number of hydrogen-bond donors (Lipinski definition) is 0. The molecule has 41 heavy (non-hydrogen) atoms. The number of hydrogen-bond acceptors (Lipinski definition) is 3. The first kappa shape index (κ1) is 23.7. The van der Waals surface area contributed by atoms with Gasteiger partial charge in [-0.1, -0.05) is 133 Å². The van der Waals surface area contributed by atoms with Crippen LogP contribution in [-0.4, -0.2) is 9.97 Å².